The molecule has 0 aromatic rings. The second-order valence-corrected chi connectivity index (χ2v) is 5.12. The van der Waals surface area contributed by atoms with Gasteiger partial charge in [-0.05, 0) is 18.8 Å². The maximum atomic E-state index is 12.0. The molecule has 1 unspecified atom stereocenters. The van der Waals surface area contributed by atoms with Gasteiger partial charge < -0.3 is 0 Å². The van der Waals surface area contributed by atoms with Crippen molar-refractivity contribution in [3.63, 3.8) is 0 Å². The number of hydrogen-bond acceptors (Lipinski definition) is 2. The summed E-state index contributed by atoms with van der Waals surface area (Å²) in [4.78, 5) is 23.7. The average Bonchev–Trinajstić information content (AvgIpc) is 2.27. The van der Waals surface area contributed by atoms with Gasteiger partial charge in [0.05, 0.1) is 6.42 Å². The Balaban J connectivity index is 4.29. The molecule has 1 atom stereocenters. The van der Waals surface area contributed by atoms with Crippen LogP contribution in [0.15, 0.2) is 0 Å². The van der Waals surface area contributed by atoms with Gasteiger partial charge in [-0.15, -0.1) is 0 Å². The van der Waals surface area contributed by atoms with Crippen molar-refractivity contribution in [2.45, 2.75) is 66.7 Å². The molecule has 0 spiro atoms. The van der Waals surface area contributed by atoms with Crippen molar-refractivity contribution < 1.29 is 9.59 Å². The van der Waals surface area contributed by atoms with Gasteiger partial charge in [-0.2, -0.15) is 0 Å². The van der Waals surface area contributed by atoms with Crippen LogP contribution in [-0.2, 0) is 9.59 Å². The zero-order valence-electron chi connectivity index (χ0n) is 11.4. The Morgan fingerprint density at radius 2 is 1.62 bits per heavy atom. The van der Waals surface area contributed by atoms with Gasteiger partial charge in [0.2, 0.25) is 0 Å². The van der Waals surface area contributed by atoms with E-state index in [4.69, 9.17) is 0 Å². The highest BCUT2D eigenvalue weighted by Gasteiger charge is 2.30. The first-order valence-electron chi connectivity index (χ1n) is 6.44. The summed E-state index contributed by atoms with van der Waals surface area (Å²) in [5.41, 5.74) is -0.300. The van der Waals surface area contributed by atoms with Gasteiger partial charge in [-0.1, -0.05) is 41.0 Å². The van der Waals surface area contributed by atoms with E-state index in [-0.39, 0.29) is 23.4 Å². The molecule has 0 fully saturated rings. The van der Waals surface area contributed by atoms with Crippen molar-refractivity contribution in [1.29, 1.82) is 0 Å². The van der Waals surface area contributed by atoms with Crippen LogP contribution in [-0.4, -0.2) is 11.6 Å². The maximum Gasteiger partial charge on any atom is 0.146 e. The maximum absolute atomic E-state index is 12.0. The van der Waals surface area contributed by atoms with Crippen LogP contribution in [0.5, 0.6) is 0 Å². The van der Waals surface area contributed by atoms with E-state index in [1.165, 1.54) is 0 Å². The van der Waals surface area contributed by atoms with Gasteiger partial charge in [-0.25, -0.2) is 0 Å². The van der Waals surface area contributed by atoms with Gasteiger partial charge in [-0.3, -0.25) is 9.59 Å². The number of ketones is 2. The van der Waals surface area contributed by atoms with Gasteiger partial charge in [0.15, 0.2) is 0 Å². The fraction of sp³-hybridized carbons (Fsp3) is 0.857. The predicted octanol–water partition coefficient (Wildman–Crippen LogP) is 3.78. The van der Waals surface area contributed by atoms with Crippen molar-refractivity contribution in [1.82, 2.24) is 0 Å². The zero-order chi connectivity index (χ0) is 12.8. The first-order chi connectivity index (χ1) is 7.39. The highest BCUT2D eigenvalue weighted by Crippen LogP contribution is 2.28. The summed E-state index contributed by atoms with van der Waals surface area (Å²) in [6.07, 6.45) is 3.31. The molecule has 0 saturated heterocycles. The van der Waals surface area contributed by atoms with Gasteiger partial charge >= 0.3 is 0 Å². The average molecular weight is 226 g/mol. The van der Waals surface area contributed by atoms with Gasteiger partial charge in [0.25, 0.3) is 0 Å². The van der Waals surface area contributed by atoms with Crippen LogP contribution in [0.2, 0.25) is 0 Å². The van der Waals surface area contributed by atoms with Crippen LogP contribution in [0.3, 0.4) is 0 Å². The van der Waals surface area contributed by atoms with E-state index in [0.29, 0.717) is 12.3 Å². The number of carbonyl (C=O) groups excluding carboxylic acids is 2. The number of carbonyl (C=O) groups is 2. The second kappa shape index (κ2) is 6.82. The Morgan fingerprint density at radius 3 is 2.00 bits per heavy atom. The highest BCUT2D eigenvalue weighted by molar-refractivity contribution is 6.01. The summed E-state index contributed by atoms with van der Waals surface area (Å²) < 4.78 is 0. The van der Waals surface area contributed by atoms with Crippen LogP contribution >= 0.6 is 0 Å². The normalized spacial score (nSPS) is 13.6. The zero-order valence-corrected chi connectivity index (χ0v) is 11.4. The fourth-order valence-electron chi connectivity index (χ4n) is 1.64. The smallest absolute Gasteiger partial charge is 0.146 e. The topological polar surface area (TPSA) is 34.1 Å². The largest absolute Gasteiger partial charge is 0.299 e. The molecule has 0 amide bonds. The van der Waals surface area contributed by atoms with E-state index in [2.05, 4.69) is 13.8 Å². The van der Waals surface area contributed by atoms with E-state index >= 15 is 0 Å². The predicted molar refractivity (Wildman–Crippen MR) is 67.4 cm³/mol. The van der Waals surface area contributed by atoms with Crippen molar-refractivity contribution in [3.8, 4) is 0 Å². The monoisotopic (exact) mass is 226 g/mol. The molecule has 0 rings (SSSR count). The minimum absolute atomic E-state index is 0.104. The Labute approximate surface area is 99.8 Å². The lowest BCUT2D eigenvalue weighted by molar-refractivity contribution is -0.133. The fourth-order valence-corrected chi connectivity index (χ4v) is 1.64. The van der Waals surface area contributed by atoms with Crippen LogP contribution in [0.1, 0.15) is 66.7 Å². The highest BCUT2D eigenvalue weighted by atomic mass is 16.1. The quantitative estimate of drug-likeness (QED) is 0.590. The SMILES string of the molecule is CCC(C)CC(=O)CC(=O)C(C)(CC)CC. The molecule has 0 aliphatic rings. The van der Waals surface area contributed by atoms with E-state index < -0.39 is 0 Å². The molecule has 16 heavy (non-hydrogen) atoms. The Kier molecular flexibility index (Phi) is 6.54. The summed E-state index contributed by atoms with van der Waals surface area (Å²) in [5, 5.41) is 0. The molecule has 2 nitrogen and oxygen atoms in total. The number of hydrogen-bond donors (Lipinski definition) is 0. The lowest BCUT2D eigenvalue weighted by Crippen LogP contribution is -2.28. The minimum atomic E-state index is -0.300. The third-order valence-corrected chi connectivity index (χ3v) is 3.86. The summed E-state index contributed by atoms with van der Waals surface area (Å²) in [6, 6.07) is 0. The third kappa shape index (κ3) is 4.46. The molecule has 0 N–H and O–H groups in total. The van der Waals surface area contributed by atoms with E-state index in [1.54, 1.807) is 0 Å². The number of rotatable bonds is 8. The molecule has 0 heterocycles. The third-order valence-electron chi connectivity index (χ3n) is 3.86. The summed E-state index contributed by atoms with van der Waals surface area (Å²) in [7, 11) is 0. The number of Topliss-reactive ketones (excluding diaryl/α,β-unsaturated/α-hetero) is 2. The van der Waals surface area contributed by atoms with E-state index in [1.807, 2.05) is 20.8 Å². The standard InChI is InChI=1S/C14H26O2/c1-6-11(4)9-12(15)10-13(16)14(5,7-2)8-3/h11H,6-10H2,1-5H3. The lowest BCUT2D eigenvalue weighted by atomic mass is 9.78. The lowest BCUT2D eigenvalue weighted by Gasteiger charge is -2.24. The molecule has 0 bridgehead atoms. The first kappa shape index (κ1) is 15.3. The van der Waals surface area contributed by atoms with Crippen LogP contribution in [0.4, 0.5) is 0 Å². The Morgan fingerprint density at radius 1 is 1.12 bits per heavy atom. The molecule has 0 radical (unpaired) electrons. The van der Waals surface area contributed by atoms with Crippen LogP contribution < -0.4 is 0 Å². The molecule has 2 heteroatoms. The Bertz CT molecular complexity index is 239. The molecule has 0 aliphatic carbocycles. The minimum Gasteiger partial charge on any atom is -0.299 e. The molecule has 0 aromatic carbocycles. The molecule has 0 saturated carbocycles. The van der Waals surface area contributed by atoms with E-state index in [0.717, 1.165) is 19.3 Å². The van der Waals surface area contributed by atoms with Gasteiger partial charge in [0.1, 0.15) is 11.6 Å². The van der Waals surface area contributed by atoms with Crippen molar-refractivity contribution in [3.05, 3.63) is 0 Å². The van der Waals surface area contributed by atoms with Crippen molar-refractivity contribution in [2.24, 2.45) is 11.3 Å². The van der Waals surface area contributed by atoms with Gasteiger partial charge in [0, 0.05) is 11.8 Å². The van der Waals surface area contributed by atoms with Crippen LogP contribution in [0, 0.1) is 11.3 Å². The van der Waals surface area contributed by atoms with Crippen molar-refractivity contribution >= 4 is 11.6 Å². The molecular formula is C14H26O2. The van der Waals surface area contributed by atoms with Crippen molar-refractivity contribution in [2.75, 3.05) is 0 Å². The Hall–Kier alpha value is -0.660. The second-order valence-electron chi connectivity index (χ2n) is 5.12. The summed E-state index contributed by atoms with van der Waals surface area (Å²) in [6.45, 7) is 10.1. The molecule has 94 valence electrons. The molecule has 0 aliphatic heterocycles. The molecular weight excluding hydrogens is 200 g/mol. The summed E-state index contributed by atoms with van der Waals surface area (Å²) in [5.74, 6) is 0.619. The van der Waals surface area contributed by atoms with E-state index in [9.17, 15) is 9.59 Å². The van der Waals surface area contributed by atoms with Crippen LogP contribution in [0.25, 0.3) is 0 Å². The molecule has 0 aromatic heterocycles. The summed E-state index contributed by atoms with van der Waals surface area (Å²) >= 11 is 0. The first-order valence-corrected chi connectivity index (χ1v) is 6.44.